The third-order valence-electron chi connectivity index (χ3n) is 4.52. The minimum atomic E-state index is 0.229. The molecule has 2 aromatic carbocycles. The molecule has 0 unspecified atom stereocenters. The molecule has 0 saturated heterocycles. The average Bonchev–Trinajstić information content (AvgIpc) is 3.02. The largest absolute Gasteiger partial charge is 0.487 e. The number of aromatic nitrogens is 1. The highest BCUT2D eigenvalue weighted by atomic mass is 16.5. The third kappa shape index (κ3) is 3.20. The van der Waals surface area contributed by atoms with Crippen LogP contribution in [0.2, 0.25) is 0 Å². The van der Waals surface area contributed by atoms with E-state index in [-0.39, 0.29) is 5.78 Å². The van der Waals surface area contributed by atoms with Crippen LogP contribution in [-0.2, 0) is 13.0 Å². The molecule has 1 aliphatic carbocycles. The summed E-state index contributed by atoms with van der Waals surface area (Å²) in [6.07, 6.45) is 2.49. The third-order valence-corrected chi connectivity index (χ3v) is 4.52. The summed E-state index contributed by atoms with van der Waals surface area (Å²) in [5.41, 5.74) is 3.65. The highest BCUT2D eigenvalue weighted by molar-refractivity contribution is 5.98. The van der Waals surface area contributed by atoms with Crippen molar-refractivity contribution in [1.82, 2.24) is 4.98 Å². The van der Waals surface area contributed by atoms with Gasteiger partial charge in [0.25, 0.3) is 0 Å². The van der Waals surface area contributed by atoms with E-state index in [4.69, 9.17) is 9.15 Å². The molecule has 126 valence electrons. The number of carbonyl (C=O) groups excluding carboxylic acids is 1. The Morgan fingerprint density at radius 2 is 1.96 bits per heavy atom. The van der Waals surface area contributed by atoms with Crippen LogP contribution in [0.3, 0.4) is 0 Å². The first-order valence-corrected chi connectivity index (χ1v) is 8.51. The van der Waals surface area contributed by atoms with Gasteiger partial charge in [0.2, 0.25) is 5.89 Å². The lowest BCUT2D eigenvalue weighted by atomic mass is 9.90. The number of ketones is 1. The monoisotopic (exact) mass is 333 g/mol. The summed E-state index contributed by atoms with van der Waals surface area (Å²) in [6.45, 7) is 2.23. The second-order valence-corrected chi connectivity index (χ2v) is 6.27. The van der Waals surface area contributed by atoms with Gasteiger partial charge in [0, 0.05) is 17.5 Å². The molecular weight excluding hydrogens is 314 g/mol. The minimum Gasteiger partial charge on any atom is -0.487 e. The summed E-state index contributed by atoms with van der Waals surface area (Å²) in [5, 5.41) is 0. The lowest BCUT2D eigenvalue weighted by molar-refractivity contribution is 0.0972. The molecule has 0 N–H and O–H groups in total. The molecule has 0 amide bonds. The number of benzene rings is 2. The predicted molar refractivity (Wildman–Crippen MR) is 94.7 cm³/mol. The summed E-state index contributed by atoms with van der Waals surface area (Å²) < 4.78 is 11.6. The van der Waals surface area contributed by atoms with Gasteiger partial charge in [-0.25, -0.2) is 4.98 Å². The molecule has 1 aliphatic rings. The van der Waals surface area contributed by atoms with Gasteiger partial charge in [0.15, 0.2) is 5.78 Å². The molecule has 25 heavy (non-hydrogen) atoms. The van der Waals surface area contributed by atoms with E-state index in [0.29, 0.717) is 18.9 Å². The van der Waals surface area contributed by atoms with Crippen LogP contribution in [0.4, 0.5) is 0 Å². The van der Waals surface area contributed by atoms with Gasteiger partial charge >= 0.3 is 0 Å². The topological polar surface area (TPSA) is 52.3 Å². The van der Waals surface area contributed by atoms with Crippen molar-refractivity contribution in [3.8, 4) is 17.2 Å². The van der Waals surface area contributed by atoms with Gasteiger partial charge < -0.3 is 9.15 Å². The van der Waals surface area contributed by atoms with Crippen molar-refractivity contribution in [2.45, 2.75) is 32.8 Å². The van der Waals surface area contributed by atoms with Gasteiger partial charge in [0.1, 0.15) is 23.8 Å². The van der Waals surface area contributed by atoms with E-state index >= 15 is 0 Å². The normalized spacial score (nSPS) is 13.6. The number of carbonyl (C=O) groups is 1. The average molecular weight is 333 g/mol. The standard InChI is InChI=1S/C21H19NO3/c1-14-19(22-21(25-14)15-6-3-2-4-7-15)13-24-17-10-11-18-16(12-17)8-5-9-20(18)23/h2-4,6-7,10-12H,5,8-9,13H2,1H3. The van der Waals surface area contributed by atoms with Gasteiger partial charge in [-0.2, -0.15) is 0 Å². The zero-order valence-corrected chi connectivity index (χ0v) is 14.1. The Balaban J connectivity index is 1.50. The fourth-order valence-corrected chi connectivity index (χ4v) is 3.13. The first-order chi connectivity index (χ1) is 12.2. The van der Waals surface area contributed by atoms with Gasteiger partial charge in [-0.1, -0.05) is 18.2 Å². The molecule has 4 nitrogen and oxygen atoms in total. The number of hydrogen-bond acceptors (Lipinski definition) is 4. The summed E-state index contributed by atoms with van der Waals surface area (Å²) in [4.78, 5) is 16.4. The number of nitrogens with zero attached hydrogens (tertiary/aromatic N) is 1. The molecular formula is C21H19NO3. The van der Waals surface area contributed by atoms with E-state index in [1.165, 1.54) is 0 Å². The molecule has 1 heterocycles. The van der Waals surface area contributed by atoms with Crippen LogP contribution in [0, 0.1) is 6.92 Å². The molecule has 0 atom stereocenters. The maximum absolute atomic E-state index is 11.9. The fourth-order valence-electron chi connectivity index (χ4n) is 3.13. The second kappa shape index (κ2) is 6.55. The van der Waals surface area contributed by atoms with Crippen LogP contribution < -0.4 is 4.74 Å². The quantitative estimate of drug-likeness (QED) is 0.691. The van der Waals surface area contributed by atoms with Crippen LogP contribution in [0.5, 0.6) is 5.75 Å². The summed E-state index contributed by atoms with van der Waals surface area (Å²) >= 11 is 0. The molecule has 0 saturated carbocycles. The SMILES string of the molecule is Cc1oc(-c2ccccc2)nc1COc1ccc2c(c1)CCCC2=O. The lowest BCUT2D eigenvalue weighted by Crippen LogP contribution is -2.10. The molecule has 0 bridgehead atoms. The number of ether oxygens (including phenoxy) is 1. The Hall–Kier alpha value is -2.88. The summed E-state index contributed by atoms with van der Waals surface area (Å²) in [6, 6.07) is 15.5. The van der Waals surface area contributed by atoms with E-state index in [1.807, 2.05) is 55.5 Å². The van der Waals surface area contributed by atoms with Crippen molar-refractivity contribution in [2.24, 2.45) is 0 Å². The number of aryl methyl sites for hydroxylation is 2. The van der Waals surface area contributed by atoms with Gasteiger partial charge in [0.05, 0.1) is 0 Å². The van der Waals surface area contributed by atoms with E-state index in [9.17, 15) is 4.79 Å². The van der Waals surface area contributed by atoms with E-state index in [2.05, 4.69) is 4.98 Å². The smallest absolute Gasteiger partial charge is 0.226 e. The van der Waals surface area contributed by atoms with Crippen LogP contribution in [0.1, 0.15) is 40.2 Å². The molecule has 3 aromatic rings. The highest BCUT2D eigenvalue weighted by Crippen LogP contribution is 2.27. The Morgan fingerprint density at radius 1 is 1.12 bits per heavy atom. The number of hydrogen-bond donors (Lipinski definition) is 0. The van der Waals surface area contributed by atoms with Crippen molar-refractivity contribution in [2.75, 3.05) is 0 Å². The van der Waals surface area contributed by atoms with E-state index in [1.54, 1.807) is 0 Å². The second-order valence-electron chi connectivity index (χ2n) is 6.27. The van der Waals surface area contributed by atoms with Gasteiger partial charge in [-0.05, 0) is 55.7 Å². The van der Waals surface area contributed by atoms with Crippen molar-refractivity contribution in [3.05, 3.63) is 71.1 Å². The Morgan fingerprint density at radius 3 is 2.80 bits per heavy atom. The lowest BCUT2D eigenvalue weighted by Gasteiger charge is -2.15. The first kappa shape index (κ1) is 15.6. The summed E-state index contributed by atoms with van der Waals surface area (Å²) in [7, 11) is 0. The van der Waals surface area contributed by atoms with Crippen molar-refractivity contribution < 1.29 is 13.9 Å². The molecule has 1 aromatic heterocycles. The van der Waals surface area contributed by atoms with Crippen molar-refractivity contribution >= 4 is 5.78 Å². The molecule has 4 heteroatoms. The maximum Gasteiger partial charge on any atom is 0.226 e. The molecule has 0 radical (unpaired) electrons. The summed E-state index contributed by atoms with van der Waals surface area (Å²) in [5.74, 6) is 2.35. The fraction of sp³-hybridized carbons (Fsp3) is 0.238. The molecule has 4 rings (SSSR count). The van der Waals surface area contributed by atoms with Crippen molar-refractivity contribution in [3.63, 3.8) is 0 Å². The number of Topliss-reactive ketones (excluding diaryl/α,β-unsaturated/α-hetero) is 1. The first-order valence-electron chi connectivity index (χ1n) is 8.51. The van der Waals surface area contributed by atoms with Gasteiger partial charge in [-0.15, -0.1) is 0 Å². The van der Waals surface area contributed by atoms with Gasteiger partial charge in [-0.3, -0.25) is 4.79 Å². The Labute approximate surface area is 146 Å². The number of fused-ring (bicyclic) bond motifs is 1. The minimum absolute atomic E-state index is 0.229. The number of oxazole rings is 1. The zero-order valence-electron chi connectivity index (χ0n) is 14.1. The molecule has 0 fully saturated rings. The molecule has 0 spiro atoms. The van der Waals surface area contributed by atoms with Crippen LogP contribution in [0.25, 0.3) is 11.5 Å². The predicted octanol–water partition coefficient (Wildman–Crippen LogP) is 4.75. The van der Waals surface area contributed by atoms with Crippen molar-refractivity contribution in [1.29, 1.82) is 0 Å². The zero-order chi connectivity index (χ0) is 17.2. The Bertz CT molecular complexity index is 912. The van der Waals surface area contributed by atoms with E-state index < -0.39 is 0 Å². The van der Waals surface area contributed by atoms with Crippen LogP contribution in [0.15, 0.2) is 52.9 Å². The van der Waals surface area contributed by atoms with E-state index in [0.717, 1.165) is 46.7 Å². The van der Waals surface area contributed by atoms with Crippen LogP contribution in [-0.4, -0.2) is 10.8 Å². The Kier molecular flexibility index (Phi) is 4.10. The molecule has 0 aliphatic heterocycles. The maximum atomic E-state index is 11.9. The number of rotatable bonds is 4. The van der Waals surface area contributed by atoms with Crippen LogP contribution >= 0.6 is 0 Å². The highest BCUT2D eigenvalue weighted by Gasteiger charge is 2.18.